The van der Waals surface area contributed by atoms with E-state index in [1.165, 1.54) is 36.3 Å². The van der Waals surface area contributed by atoms with Crippen molar-refractivity contribution in [3.63, 3.8) is 0 Å². The van der Waals surface area contributed by atoms with Crippen LogP contribution in [0.4, 0.5) is 0 Å². The van der Waals surface area contributed by atoms with E-state index in [1.54, 1.807) is 0 Å². The molecule has 2 rings (SSSR count). The van der Waals surface area contributed by atoms with Gasteiger partial charge in [-0.1, -0.05) is 0 Å². The van der Waals surface area contributed by atoms with Crippen LogP contribution in [0.15, 0.2) is 0 Å². The number of nitrogens with zero attached hydrogens (tertiary/aromatic N) is 3. The number of halogens is 1. The minimum atomic E-state index is 0. The Hall–Kier alpha value is -0.580. The number of aryl methyl sites for hydroxylation is 2. The van der Waals surface area contributed by atoms with E-state index in [0.717, 1.165) is 19.6 Å². The fourth-order valence-electron chi connectivity index (χ4n) is 2.76. The summed E-state index contributed by atoms with van der Waals surface area (Å²) in [5.41, 5.74) is 9.63. The lowest BCUT2D eigenvalue weighted by Crippen LogP contribution is -2.38. The monoisotopic (exact) mass is 272 g/mol. The highest BCUT2D eigenvalue weighted by atomic mass is 35.5. The van der Waals surface area contributed by atoms with Gasteiger partial charge in [-0.2, -0.15) is 5.10 Å². The molecule has 0 spiro atoms. The summed E-state index contributed by atoms with van der Waals surface area (Å²) < 4.78 is 1.98. The van der Waals surface area contributed by atoms with Crippen molar-refractivity contribution in [2.24, 2.45) is 18.7 Å². The van der Waals surface area contributed by atoms with Gasteiger partial charge in [-0.15, -0.1) is 12.4 Å². The van der Waals surface area contributed by atoms with Crippen molar-refractivity contribution in [2.75, 3.05) is 19.6 Å². The first-order valence-electron chi connectivity index (χ1n) is 6.53. The van der Waals surface area contributed by atoms with Crippen molar-refractivity contribution in [1.29, 1.82) is 0 Å². The summed E-state index contributed by atoms with van der Waals surface area (Å²) in [5, 5.41) is 4.48. The molecule has 0 bridgehead atoms. The number of rotatable bonds is 3. The Morgan fingerprint density at radius 3 is 2.67 bits per heavy atom. The molecule has 4 nitrogen and oxygen atoms in total. The summed E-state index contributed by atoms with van der Waals surface area (Å²) in [6.07, 6.45) is 2.57. The predicted octanol–water partition coefficient (Wildman–Crippen LogP) is 1.63. The van der Waals surface area contributed by atoms with Crippen LogP contribution < -0.4 is 5.73 Å². The molecular weight excluding hydrogens is 248 g/mol. The molecule has 1 unspecified atom stereocenters. The largest absolute Gasteiger partial charge is 0.330 e. The molecule has 0 aliphatic carbocycles. The normalized spacial score (nSPS) is 20.8. The molecule has 1 aromatic heterocycles. The Bertz CT molecular complexity index is 389. The minimum absolute atomic E-state index is 0. The topological polar surface area (TPSA) is 47.1 Å². The molecule has 1 aliphatic heterocycles. The van der Waals surface area contributed by atoms with Crippen LogP contribution in [0.2, 0.25) is 0 Å². The van der Waals surface area contributed by atoms with E-state index >= 15 is 0 Å². The molecule has 1 atom stereocenters. The van der Waals surface area contributed by atoms with E-state index in [0.29, 0.717) is 5.92 Å². The summed E-state index contributed by atoms with van der Waals surface area (Å²) in [6.45, 7) is 8.45. The molecule has 1 saturated heterocycles. The third-order valence-electron chi connectivity index (χ3n) is 3.98. The van der Waals surface area contributed by atoms with Gasteiger partial charge in [0.2, 0.25) is 0 Å². The second-order valence-corrected chi connectivity index (χ2v) is 5.25. The van der Waals surface area contributed by atoms with Gasteiger partial charge in [-0.05, 0) is 45.7 Å². The maximum atomic E-state index is 5.78. The van der Waals surface area contributed by atoms with E-state index in [9.17, 15) is 0 Å². The van der Waals surface area contributed by atoms with Crippen LogP contribution >= 0.6 is 12.4 Å². The molecule has 2 N–H and O–H groups in total. The van der Waals surface area contributed by atoms with Crippen LogP contribution in [-0.4, -0.2) is 34.3 Å². The maximum absolute atomic E-state index is 5.78. The molecule has 5 heteroatoms. The maximum Gasteiger partial charge on any atom is 0.0641 e. The van der Waals surface area contributed by atoms with Crippen molar-refractivity contribution in [3.05, 3.63) is 17.0 Å². The van der Waals surface area contributed by atoms with E-state index in [2.05, 4.69) is 23.8 Å². The van der Waals surface area contributed by atoms with Crippen molar-refractivity contribution in [2.45, 2.75) is 33.2 Å². The van der Waals surface area contributed by atoms with Gasteiger partial charge >= 0.3 is 0 Å². The minimum Gasteiger partial charge on any atom is -0.330 e. The summed E-state index contributed by atoms with van der Waals surface area (Å²) in [4.78, 5) is 2.53. The summed E-state index contributed by atoms with van der Waals surface area (Å²) in [6, 6.07) is 0. The molecule has 0 radical (unpaired) electrons. The summed E-state index contributed by atoms with van der Waals surface area (Å²) >= 11 is 0. The Balaban J connectivity index is 0.00000162. The molecule has 0 aromatic carbocycles. The lowest BCUT2D eigenvalue weighted by atomic mass is 9.97. The van der Waals surface area contributed by atoms with Crippen LogP contribution in [0.3, 0.4) is 0 Å². The van der Waals surface area contributed by atoms with E-state index in [-0.39, 0.29) is 12.4 Å². The van der Waals surface area contributed by atoms with Crippen LogP contribution in [0.1, 0.15) is 29.8 Å². The lowest BCUT2D eigenvalue weighted by molar-refractivity contribution is 0.170. The van der Waals surface area contributed by atoms with Gasteiger partial charge in [0.15, 0.2) is 0 Å². The molecule has 1 aliphatic rings. The summed E-state index contributed by atoms with van der Waals surface area (Å²) in [7, 11) is 2.02. The SMILES string of the molecule is Cc1nn(C)c(C)c1CN1CCCC(CN)C1.Cl. The fraction of sp³-hybridized carbons (Fsp3) is 0.769. The van der Waals surface area contributed by atoms with Gasteiger partial charge in [-0.25, -0.2) is 0 Å². The van der Waals surface area contributed by atoms with Gasteiger partial charge < -0.3 is 5.73 Å². The van der Waals surface area contributed by atoms with Gasteiger partial charge in [0.05, 0.1) is 5.69 Å². The van der Waals surface area contributed by atoms with E-state index < -0.39 is 0 Å². The van der Waals surface area contributed by atoms with Crippen molar-refractivity contribution >= 4 is 12.4 Å². The van der Waals surface area contributed by atoms with Gasteiger partial charge in [0, 0.05) is 31.4 Å². The zero-order valence-corrected chi connectivity index (χ0v) is 12.5. The Kier molecular flexibility index (Phi) is 5.63. The standard InChI is InChI=1S/C13H24N4.ClH/c1-10-13(11(2)16(3)15-10)9-17-6-4-5-12(7-14)8-17;/h12H,4-9,14H2,1-3H3;1H. The zero-order valence-electron chi connectivity index (χ0n) is 11.6. The number of aromatic nitrogens is 2. The van der Waals surface area contributed by atoms with Crippen LogP contribution in [0.25, 0.3) is 0 Å². The number of piperidine rings is 1. The Morgan fingerprint density at radius 2 is 2.11 bits per heavy atom. The third-order valence-corrected chi connectivity index (χ3v) is 3.98. The molecular formula is C13H25ClN4. The number of hydrogen-bond donors (Lipinski definition) is 1. The van der Waals surface area contributed by atoms with Crippen LogP contribution in [-0.2, 0) is 13.6 Å². The molecule has 104 valence electrons. The highest BCUT2D eigenvalue weighted by Crippen LogP contribution is 2.20. The van der Waals surface area contributed by atoms with E-state index in [1.807, 2.05) is 11.7 Å². The highest BCUT2D eigenvalue weighted by molar-refractivity contribution is 5.85. The molecule has 1 fully saturated rings. The Morgan fingerprint density at radius 1 is 1.39 bits per heavy atom. The predicted molar refractivity (Wildman–Crippen MR) is 77.0 cm³/mol. The molecule has 2 heterocycles. The number of nitrogens with two attached hydrogens (primary N) is 1. The van der Waals surface area contributed by atoms with Crippen LogP contribution in [0.5, 0.6) is 0 Å². The molecule has 0 saturated carbocycles. The fourth-order valence-corrected chi connectivity index (χ4v) is 2.76. The molecule has 0 amide bonds. The molecule has 1 aromatic rings. The van der Waals surface area contributed by atoms with Gasteiger partial charge in [0.25, 0.3) is 0 Å². The van der Waals surface area contributed by atoms with Gasteiger partial charge in [-0.3, -0.25) is 9.58 Å². The first-order chi connectivity index (χ1) is 8.11. The smallest absolute Gasteiger partial charge is 0.0641 e. The number of likely N-dealkylation sites (tertiary alicyclic amines) is 1. The van der Waals surface area contributed by atoms with Crippen molar-refractivity contribution in [1.82, 2.24) is 14.7 Å². The highest BCUT2D eigenvalue weighted by Gasteiger charge is 2.20. The lowest BCUT2D eigenvalue weighted by Gasteiger charge is -2.32. The average molecular weight is 273 g/mol. The zero-order chi connectivity index (χ0) is 12.4. The van der Waals surface area contributed by atoms with Gasteiger partial charge in [0.1, 0.15) is 0 Å². The first-order valence-corrected chi connectivity index (χ1v) is 6.53. The second-order valence-electron chi connectivity index (χ2n) is 5.25. The quantitative estimate of drug-likeness (QED) is 0.910. The third kappa shape index (κ3) is 3.25. The molecule has 18 heavy (non-hydrogen) atoms. The Labute approximate surface area is 116 Å². The van der Waals surface area contributed by atoms with Crippen molar-refractivity contribution in [3.8, 4) is 0 Å². The summed E-state index contributed by atoms with van der Waals surface area (Å²) in [5.74, 6) is 0.682. The first kappa shape index (κ1) is 15.5. The van der Waals surface area contributed by atoms with E-state index in [4.69, 9.17) is 5.73 Å². The average Bonchev–Trinajstić information content (AvgIpc) is 2.56. The second kappa shape index (κ2) is 6.55. The van der Waals surface area contributed by atoms with Crippen molar-refractivity contribution < 1.29 is 0 Å². The number of hydrogen-bond acceptors (Lipinski definition) is 3. The van der Waals surface area contributed by atoms with Crippen LogP contribution in [0, 0.1) is 19.8 Å².